The molecule has 1 saturated heterocycles. The van der Waals surface area contributed by atoms with E-state index in [0.29, 0.717) is 0 Å². The summed E-state index contributed by atoms with van der Waals surface area (Å²) in [5.74, 6) is -1.59. The summed E-state index contributed by atoms with van der Waals surface area (Å²) in [6, 6.07) is 4.93. The van der Waals surface area contributed by atoms with Crippen molar-refractivity contribution < 1.29 is 23.2 Å². The van der Waals surface area contributed by atoms with Gasteiger partial charge in [0.1, 0.15) is 10.8 Å². The van der Waals surface area contributed by atoms with Gasteiger partial charge in [0.25, 0.3) is 11.8 Å². The maximum absolute atomic E-state index is 12.3. The molecule has 0 aliphatic carbocycles. The number of hydroxylamine groups is 1. The Morgan fingerprint density at radius 1 is 1.30 bits per heavy atom. The quantitative estimate of drug-likeness (QED) is 0.384. The number of halogens is 1. The Morgan fingerprint density at radius 3 is 2.26 bits per heavy atom. The molecule has 23 heavy (non-hydrogen) atoms. The van der Waals surface area contributed by atoms with Crippen LogP contribution in [-0.2, 0) is 14.6 Å². The Bertz CT molecular complexity index is 716. The van der Waals surface area contributed by atoms with E-state index in [2.05, 4.69) is 26.6 Å². The Morgan fingerprint density at radius 2 is 1.87 bits per heavy atom. The number of amides is 2. The van der Waals surface area contributed by atoms with E-state index < -0.39 is 32.4 Å². The molecule has 10 heteroatoms. The van der Waals surface area contributed by atoms with Gasteiger partial charge in [-0.3, -0.25) is 14.8 Å². The van der Waals surface area contributed by atoms with Gasteiger partial charge < -0.3 is 10.6 Å². The second kappa shape index (κ2) is 6.56. The molecule has 2 amide bonds. The molecule has 0 aromatic heterocycles. The maximum Gasteiger partial charge on any atom is 0.267 e. The summed E-state index contributed by atoms with van der Waals surface area (Å²) in [4.78, 5) is 24.2. The molecule has 1 aliphatic heterocycles. The molecule has 1 aliphatic rings. The standard InChI is InChI=1S/C13H16BrN3O5S/c1-23(21,22)13(6-15-7-13)10(12(19)17-20)16-11(18)8-2-4-9(14)5-3-8/h2-5,10,15,20H,6-7H2,1H3,(H,16,18)(H,17,19). The molecule has 8 nitrogen and oxygen atoms in total. The average molecular weight is 406 g/mol. The fraction of sp³-hybridized carbons (Fsp3) is 0.385. The molecule has 0 saturated carbocycles. The van der Waals surface area contributed by atoms with Gasteiger partial charge in [-0.25, -0.2) is 13.9 Å². The predicted octanol–water partition coefficient (Wildman–Crippen LogP) is -0.560. The van der Waals surface area contributed by atoms with Crippen molar-refractivity contribution in [3.8, 4) is 0 Å². The molecule has 0 bridgehead atoms. The lowest BCUT2D eigenvalue weighted by Crippen LogP contribution is -2.76. The predicted molar refractivity (Wildman–Crippen MR) is 85.8 cm³/mol. The van der Waals surface area contributed by atoms with Crippen LogP contribution < -0.4 is 16.1 Å². The number of hydrogen-bond donors (Lipinski definition) is 4. The van der Waals surface area contributed by atoms with E-state index in [9.17, 15) is 18.0 Å². The van der Waals surface area contributed by atoms with Crippen molar-refractivity contribution in [2.45, 2.75) is 10.8 Å². The van der Waals surface area contributed by atoms with Crippen molar-refractivity contribution in [3.63, 3.8) is 0 Å². The molecule has 0 radical (unpaired) electrons. The molecule has 126 valence electrons. The van der Waals surface area contributed by atoms with Crippen LogP contribution in [0.2, 0.25) is 0 Å². The zero-order valence-electron chi connectivity index (χ0n) is 12.2. The molecule has 1 fully saturated rings. The SMILES string of the molecule is CS(=O)(=O)C1(C(NC(=O)c2ccc(Br)cc2)C(=O)NO)CNC1. The summed E-state index contributed by atoms with van der Waals surface area (Å²) >= 11 is 3.24. The van der Waals surface area contributed by atoms with E-state index in [1.165, 1.54) is 17.6 Å². The summed E-state index contributed by atoms with van der Waals surface area (Å²) in [5, 5.41) is 14.1. The van der Waals surface area contributed by atoms with Crippen LogP contribution in [0, 0.1) is 0 Å². The first-order valence-corrected chi connectivity index (χ1v) is 9.30. The monoisotopic (exact) mass is 405 g/mol. The van der Waals surface area contributed by atoms with Crippen LogP contribution in [0.25, 0.3) is 0 Å². The lowest BCUT2D eigenvalue weighted by atomic mass is 9.91. The lowest BCUT2D eigenvalue weighted by molar-refractivity contribution is -0.132. The molecular weight excluding hydrogens is 390 g/mol. The highest BCUT2D eigenvalue weighted by Gasteiger charge is 2.56. The summed E-state index contributed by atoms with van der Waals surface area (Å²) in [6.45, 7) is 0.00900. The Hall–Kier alpha value is -1.49. The van der Waals surface area contributed by atoms with Gasteiger partial charge in [0.15, 0.2) is 9.84 Å². The van der Waals surface area contributed by atoms with Gasteiger partial charge in [0.05, 0.1) is 0 Å². The number of hydrogen-bond acceptors (Lipinski definition) is 6. The minimum absolute atomic E-state index is 0.00450. The van der Waals surface area contributed by atoms with Gasteiger partial charge in [-0.1, -0.05) is 15.9 Å². The summed E-state index contributed by atoms with van der Waals surface area (Å²) < 4.78 is 23.5. The number of rotatable bonds is 5. The number of nitrogens with one attached hydrogen (secondary N) is 3. The highest BCUT2D eigenvalue weighted by atomic mass is 79.9. The summed E-state index contributed by atoms with van der Waals surface area (Å²) in [5.41, 5.74) is 1.69. The average Bonchev–Trinajstić information content (AvgIpc) is 2.43. The lowest BCUT2D eigenvalue weighted by Gasteiger charge is -2.45. The molecule has 1 aromatic carbocycles. The van der Waals surface area contributed by atoms with Crippen LogP contribution in [0.1, 0.15) is 10.4 Å². The second-order valence-electron chi connectivity index (χ2n) is 5.33. The Kier molecular flexibility index (Phi) is 5.09. The number of benzene rings is 1. The fourth-order valence-electron chi connectivity index (χ4n) is 2.37. The fourth-order valence-corrected chi connectivity index (χ4v) is 3.95. The van der Waals surface area contributed by atoms with Gasteiger partial charge in [-0.15, -0.1) is 0 Å². The molecule has 1 unspecified atom stereocenters. The smallest absolute Gasteiger partial charge is 0.267 e. The van der Waals surface area contributed by atoms with Crippen molar-refractivity contribution >= 4 is 37.6 Å². The third-order valence-corrected chi connectivity index (χ3v) is 6.40. The molecule has 2 rings (SSSR count). The zero-order valence-corrected chi connectivity index (χ0v) is 14.6. The van der Waals surface area contributed by atoms with E-state index in [1.807, 2.05) is 0 Å². The second-order valence-corrected chi connectivity index (χ2v) is 8.60. The molecule has 1 heterocycles. The van der Waals surface area contributed by atoms with E-state index in [-0.39, 0.29) is 18.7 Å². The Labute approximate surface area is 141 Å². The third kappa shape index (κ3) is 3.39. The minimum atomic E-state index is -3.67. The van der Waals surface area contributed by atoms with Crippen LogP contribution in [0.15, 0.2) is 28.7 Å². The van der Waals surface area contributed by atoms with E-state index in [1.54, 1.807) is 12.1 Å². The van der Waals surface area contributed by atoms with Gasteiger partial charge in [0.2, 0.25) is 0 Å². The molecular formula is C13H16BrN3O5S. The normalized spacial score (nSPS) is 17.7. The van der Waals surface area contributed by atoms with Crippen molar-refractivity contribution in [1.82, 2.24) is 16.1 Å². The molecule has 0 spiro atoms. The topological polar surface area (TPSA) is 125 Å². The summed E-state index contributed by atoms with van der Waals surface area (Å²) in [7, 11) is -3.67. The number of carbonyl (C=O) groups excluding carboxylic acids is 2. The first-order valence-electron chi connectivity index (χ1n) is 6.62. The van der Waals surface area contributed by atoms with Gasteiger partial charge in [0, 0.05) is 29.4 Å². The van der Waals surface area contributed by atoms with Crippen molar-refractivity contribution in [3.05, 3.63) is 34.3 Å². The molecule has 1 atom stereocenters. The van der Waals surface area contributed by atoms with Gasteiger partial charge in [-0.2, -0.15) is 0 Å². The third-order valence-electron chi connectivity index (χ3n) is 3.87. The highest BCUT2D eigenvalue weighted by molar-refractivity contribution is 9.10. The molecule has 4 N–H and O–H groups in total. The van der Waals surface area contributed by atoms with Crippen LogP contribution in [0.3, 0.4) is 0 Å². The Balaban J connectivity index is 2.31. The van der Waals surface area contributed by atoms with Crippen molar-refractivity contribution in [2.75, 3.05) is 19.3 Å². The van der Waals surface area contributed by atoms with Crippen molar-refractivity contribution in [1.29, 1.82) is 0 Å². The minimum Gasteiger partial charge on any atom is -0.339 e. The number of sulfone groups is 1. The summed E-state index contributed by atoms with van der Waals surface area (Å²) in [6.07, 6.45) is 0.997. The van der Waals surface area contributed by atoms with E-state index in [0.717, 1.165) is 10.7 Å². The van der Waals surface area contributed by atoms with E-state index >= 15 is 0 Å². The van der Waals surface area contributed by atoms with Gasteiger partial charge in [-0.05, 0) is 24.3 Å². The zero-order chi connectivity index (χ0) is 17.3. The van der Waals surface area contributed by atoms with Crippen LogP contribution in [-0.4, -0.2) is 55.6 Å². The van der Waals surface area contributed by atoms with Gasteiger partial charge >= 0.3 is 0 Å². The number of carbonyl (C=O) groups is 2. The highest BCUT2D eigenvalue weighted by Crippen LogP contribution is 2.27. The van der Waals surface area contributed by atoms with Crippen LogP contribution in [0.5, 0.6) is 0 Å². The maximum atomic E-state index is 12.3. The van der Waals surface area contributed by atoms with Crippen LogP contribution >= 0.6 is 15.9 Å². The largest absolute Gasteiger partial charge is 0.339 e. The van der Waals surface area contributed by atoms with Crippen molar-refractivity contribution in [2.24, 2.45) is 0 Å². The first kappa shape index (κ1) is 17.9. The molecule has 1 aromatic rings. The van der Waals surface area contributed by atoms with Crippen LogP contribution in [0.4, 0.5) is 0 Å². The first-order chi connectivity index (χ1) is 10.7. The van der Waals surface area contributed by atoms with E-state index in [4.69, 9.17) is 5.21 Å².